The maximum atomic E-state index is 12.4. The number of carbonyl (C=O) groups is 1. The first kappa shape index (κ1) is 21.1. The van der Waals surface area contributed by atoms with Gasteiger partial charge >= 0.3 is 0 Å². The summed E-state index contributed by atoms with van der Waals surface area (Å²) in [5.74, 6) is 1.69. The van der Waals surface area contributed by atoms with Crippen molar-refractivity contribution in [2.75, 3.05) is 18.5 Å². The number of unbranched alkanes of at least 4 members (excludes halogenated alkanes) is 1. The second-order valence-corrected chi connectivity index (χ2v) is 8.41. The van der Waals surface area contributed by atoms with Gasteiger partial charge in [-0.1, -0.05) is 50.7 Å². The number of hydrogen-bond donors (Lipinski definition) is 1. The van der Waals surface area contributed by atoms with E-state index in [0.29, 0.717) is 17.7 Å². The number of thiazole rings is 1. The Morgan fingerprint density at radius 2 is 2.00 bits per heavy atom. The molecule has 0 bridgehead atoms. The number of aromatic nitrogens is 1. The number of aryl methyl sites for hydroxylation is 1. The number of carbonyl (C=O) groups excluding carboxylic acids is 1. The third kappa shape index (κ3) is 5.70. The molecule has 0 unspecified atom stereocenters. The molecule has 1 N–H and O–H groups in total. The van der Waals surface area contributed by atoms with E-state index in [9.17, 15) is 4.79 Å². The van der Waals surface area contributed by atoms with Crippen molar-refractivity contribution < 1.29 is 14.3 Å². The quantitative estimate of drug-likeness (QED) is 0.443. The van der Waals surface area contributed by atoms with Crippen LogP contribution < -0.4 is 14.8 Å². The van der Waals surface area contributed by atoms with Gasteiger partial charge in [-0.05, 0) is 54.7 Å². The standard InChI is InChI=1S/C23H28N2O3S/c1-5-6-11-27-17-8-10-19-21(13-17)29-23(24-19)25-22(26)14-28-20-12-16(4)7-9-18(20)15(2)3/h7-10,12-13,15H,5-6,11,14H2,1-4H3,(H,24,25,26). The summed E-state index contributed by atoms with van der Waals surface area (Å²) in [4.78, 5) is 16.9. The number of ether oxygens (including phenoxy) is 2. The number of anilines is 1. The maximum absolute atomic E-state index is 12.4. The zero-order valence-electron chi connectivity index (χ0n) is 17.5. The number of amides is 1. The third-order valence-electron chi connectivity index (χ3n) is 4.52. The second kappa shape index (κ2) is 9.74. The Morgan fingerprint density at radius 3 is 2.76 bits per heavy atom. The summed E-state index contributed by atoms with van der Waals surface area (Å²) in [5.41, 5.74) is 3.04. The van der Waals surface area contributed by atoms with Crippen molar-refractivity contribution in [2.45, 2.75) is 46.5 Å². The summed E-state index contributed by atoms with van der Waals surface area (Å²) in [6, 6.07) is 11.9. The zero-order valence-corrected chi connectivity index (χ0v) is 18.3. The Kier molecular flexibility index (Phi) is 7.09. The first-order valence-electron chi connectivity index (χ1n) is 10.0. The lowest BCUT2D eigenvalue weighted by atomic mass is 10.0. The Hall–Kier alpha value is -2.60. The van der Waals surface area contributed by atoms with Gasteiger partial charge in [0.15, 0.2) is 11.7 Å². The Labute approximate surface area is 176 Å². The van der Waals surface area contributed by atoms with Crippen molar-refractivity contribution >= 4 is 32.6 Å². The van der Waals surface area contributed by atoms with Gasteiger partial charge in [0, 0.05) is 0 Å². The molecule has 2 aromatic carbocycles. The highest BCUT2D eigenvalue weighted by Gasteiger charge is 2.12. The van der Waals surface area contributed by atoms with Crippen LogP contribution in [-0.4, -0.2) is 24.1 Å². The topological polar surface area (TPSA) is 60.5 Å². The summed E-state index contributed by atoms with van der Waals surface area (Å²) in [5, 5.41) is 3.40. The van der Waals surface area contributed by atoms with Crippen LogP contribution in [0.4, 0.5) is 5.13 Å². The van der Waals surface area contributed by atoms with Gasteiger partial charge in [0.2, 0.25) is 0 Å². The van der Waals surface area contributed by atoms with Crippen LogP contribution in [0.1, 0.15) is 50.7 Å². The van der Waals surface area contributed by atoms with Gasteiger partial charge in [0.25, 0.3) is 5.91 Å². The third-order valence-corrected chi connectivity index (χ3v) is 5.46. The molecule has 29 heavy (non-hydrogen) atoms. The Balaban J connectivity index is 1.62. The smallest absolute Gasteiger partial charge is 0.264 e. The van der Waals surface area contributed by atoms with Crippen LogP contribution in [0, 0.1) is 6.92 Å². The van der Waals surface area contributed by atoms with E-state index in [2.05, 4.69) is 43.2 Å². The molecule has 0 aliphatic rings. The molecule has 1 aromatic heterocycles. The normalized spacial score (nSPS) is 11.1. The largest absolute Gasteiger partial charge is 0.494 e. The van der Waals surface area contributed by atoms with E-state index in [1.54, 1.807) is 0 Å². The van der Waals surface area contributed by atoms with Crippen LogP contribution in [0.15, 0.2) is 36.4 Å². The first-order valence-corrected chi connectivity index (χ1v) is 10.8. The van der Waals surface area contributed by atoms with Crippen molar-refractivity contribution in [3.8, 4) is 11.5 Å². The number of nitrogens with one attached hydrogen (secondary N) is 1. The van der Waals surface area contributed by atoms with E-state index < -0.39 is 0 Å². The van der Waals surface area contributed by atoms with Crippen molar-refractivity contribution in [1.29, 1.82) is 0 Å². The van der Waals surface area contributed by atoms with Gasteiger partial charge in [-0.25, -0.2) is 4.98 Å². The minimum Gasteiger partial charge on any atom is -0.494 e. The molecule has 1 heterocycles. The van der Waals surface area contributed by atoms with Crippen LogP contribution in [0.25, 0.3) is 10.2 Å². The molecule has 6 heteroatoms. The molecule has 0 spiro atoms. The van der Waals surface area contributed by atoms with Gasteiger partial charge in [0.1, 0.15) is 11.5 Å². The second-order valence-electron chi connectivity index (χ2n) is 7.38. The fourth-order valence-electron chi connectivity index (χ4n) is 2.92. The highest BCUT2D eigenvalue weighted by molar-refractivity contribution is 7.22. The molecular formula is C23H28N2O3S. The predicted octanol–water partition coefficient (Wildman–Crippen LogP) is 5.92. The zero-order chi connectivity index (χ0) is 20.8. The molecule has 0 aliphatic heterocycles. The molecule has 0 fully saturated rings. The highest BCUT2D eigenvalue weighted by atomic mass is 32.1. The molecule has 0 atom stereocenters. The monoisotopic (exact) mass is 412 g/mol. The molecule has 1 amide bonds. The number of nitrogens with zero attached hydrogens (tertiary/aromatic N) is 1. The summed E-state index contributed by atoms with van der Waals surface area (Å²) in [6.45, 7) is 9.02. The molecule has 0 aliphatic carbocycles. The lowest BCUT2D eigenvalue weighted by Crippen LogP contribution is -2.20. The van der Waals surface area contributed by atoms with Gasteiger partial charge in [0.05, 0.1) is 16.8 Å². The van der Waals surface area contributed by atoms with E-state index in [0.717, 1.165) is 45.7 Å². The van der Waals surface area contributed by atoms with E-state index in [1.807, 2.05) is 31.2 Å². The van der Waals surface area contributed by atoms with Crippen LogP contribution in [-0.2, 0) is 4.79 Å². The molecule has 5 nitrogen and oxygen atoms in total. The first-order chi connectivity index (χ1) is 14.0. The van der Waals surface area contributed by atoms with Gasteiger partial charge in [-0.15, -0.1) is 0 Å². The van der Waals surface area contributed by atoms with Crippen molar-refractivity contribution in [3.05, 3.63) is 47.5 Å². The Morgan fingerprint density at radius 1 is 1.17 bits per heavy atom. The van der Waals surface area contributed by atoms with Crippen molar-refractivity contribution in [1.82, 2.24) is 4.98 Å². The molecule has 3 rings (SSSR count). The van der Waals surface area contributed by atoms with Gasteiger partial charge < -0.3 is 9.47 Å². The minimum atomic E-state index is -0.223. The van der Waals surface area contributed by atoms with Crippen LogP contribution in [0.5, 0.6) is 11.5 Å². The van der Waals surface area contributed by atoms with E-state index in [1.165, 1.54) is 11.3 Å². The molecule has 0 saturated heterocycles. The molecule has 3 aromatic rings. The van der Waals surface area contributed by atoms with Crippen LogP contribution in [0.3, 0.4) is 0 Å². The fourth-order valence-corrected chi connectivity index (χ4v) is 3.84. The molecule has 0 saturated carbocycles. The van der Waals surface area contributed by atoms with Gasteiger partial charge in [-0.2, -0.15) is 0 Å². The fraction of sp³-hybridized carbons (Fsp3) is 0.391. The minimum absolute atomic E-state index is 0.0511. The highest BCUT2D eigenvalue weighted by Crippen LogP contribution is 2.30. The number of rotatable bonds is 9. The van der Waals surface area contributed by atoms with E-state index >= 15 is 0 Å². The molecule has 0 radical (unpaired) electrons. The number of benzene rings is 2. The number of hydrogen-bond acceptors (Lipinski definition) is 5. The molecule has 154 valence electrons. The summed E-state index contributed by atoms with van der Waals surface area (Å²) < 4.78 is 12.5. The maximum Gasteiger partial charge on any atom is 0.264 e. The molecular weight excluding hydrogens is 384 g/mol. The summed E-state index contributed by atoms with van der Waals surface area (Å²) in [7, 11) is 0. The average Bonchev–Trinajstić information content (AvgIpc) is 3.07. The average molecular weight is 413 g/mol. The number of fused-ring (bicyclic) bond motifs is 1. The van der Waals surface area contributed by atoms with Crippen molar-refractivity contribution in [2.24, 2.45) is 0 Å². The van der Waals surface area contributed by atoms with Crippen LogP contribution in [0.2, 0.25) is 0 Å². The van der Waals surface area contributed by atoms with E-state index in [-0.39, 0.29) is 12.5 Å². The summed E-state index contributed by atoms with van der Waals surface area (Å²) in [6.07, 6.45) is 2.13. The van der Waals surface area contributed by atoms with Crippen molar-refractivity contribution in [3.63, 3.8) is 0 Å². The predicted molar refractivity (Wildman–Crippen MR) is 119 cm³/mol. The Bertz CT molecular complexity index is 981. The van der Waals surface area contributed by atoms with E-state index in [4.69, 9.17) is 9.47 Å². The lowest BCUT2D eigenvalue weighted by molar-refractivity contribution is -0.118. The SMILES string of the molecule is CCCCOc1ccc2nc(NC(=O)COc3cc(C)ccc3C(C)C)sc2c1. The lowest BCUT2D eigenvalue weighted by Gasteiger charge is -2.14. The van der Waals surface area contributed by atoms with Crippen LogP contribution >= 0.6 is 11.3 Å². The summed E-state index contributed by atoms with van der Waals surface area (Å²) >= 11 is 1.43. The van der Waals surface area contributed by atoms with Gasteiger partial charge in [-0.3, -0.25) is 10.1 Å².